The van der Waals surface area contributed by atoms with Gasteiger partial charge in [-0.1, -0.05) is 60.6 Å². The molecule has 3 N–H and O–H groups in total. The van der Waals surface area contributed by atoms with Gasteiger partial charge >= 0.3 is 31.2 Å². The van der Waals surface area contributed by atoms with Gasteiger partial charge in [-0.25, -0.2) is 12.5 Å². The van der Waals surface area contributed by atoms with Gasteiger partial charge in [0, 0.05) is 0 Å². The van der Waals surface area contributed by atoms with Crippen molar-refractivity contribution >= 4 is 31.2 Å². The molecule has 0 aromatic rings. The first-order chi connectivity index (χ1) is 20.4. The average molecular weight is 701 g/mol. The van der Waals surface area contributed by atoms with E-state index in [0.717, 1.165) is 25.7 Å². The van der Waals surface area contributed by atoms with Gasteiger partial charge in [-0.2, -0.15) is 25.3 Å². The van der Waals surface area contributed by atoms with E-state index in [9.17, 15) is 38.9 Å². The molecule has 4 aliphatic rings. The molecule has 4 fully saturated rings. The average Bonchev–Trinajstić information content (AvgIpc) is 3.19. The van der Waals surface area contributed by atoms with Gasteiger partial charge in [0.1, 0.15) is 12.2 Å². The van der Waals surface area contributed by atoms with E-state index >= 15 is 0 Å². The molecule has 0 radical (unpaired) electrons. The number of rotatable bonds is 11. The van der Waals surface area contributed by atoms with Crippen LogP contribution in [0.15, 0.2) is 12.2 Å². The zero-order valence-corrected chi connectivity index (χ0v) is 29.7. The maximum atomic E-state index is 12.1. The van der Waals surface area contributed by atoms with E-state index in [4.69, 9.17) is 12.5 Å². The Hall–Kier alpha value is -0.650. The van der Waals surface area contributed by atoms with Gasteiger partial charge in [-0.3, -0.25) is 13.7 Å². The van der Waals surface area contributed by atoms with Gasteiger partial charge in [0.05, 0.1) is 6.10 Å². The lowest BCUT2D eigenvalue weighted by molar-refractivity contribution is -0.183. The zero-order valence-electron chi connectivity index (χ0n) is 27.3. The summed E-state index contributed by atoms with van der Waals surface area (Å²) < 4.78 is 115. The predicted octanol–water partition coefficient (Wildman–Crippen LogP) is 5.55. The van der Waals surface area contributed by atoms with Crippen LogP contribution in [0, 0.1) is 64.1 Å². The molecular formula is C30H52O12S3. The fourth-order valence-corrected chi connectivity index (χ4v) is 12.1. The van der Waals surface area contributed by atoms with Gasteiger partial charge in [0.15, 0.2) is 0 Å². The molecule has 0 heterocycles. The summed E-state index contributed by atoms with van der Waals surface area (Å²) in [4.78, 5) is 0. The van der Waals surface area contributed by atoms with Crippen LogP contribution in [0.2, 0.25) is 0 Å². The minimum atomic E-state index is -5.07. The third-order valence-electron chi connectivity index (χ3n) is 12.2. The summed E-state index contributed by atoms with van der Waals surface area (Å²) in [5, 5.41) is 0. The first-order valence-electron chi connectivity index (χ1n) is 16.1. The summed E-state index contributed by atoms with van der Waals surface area (Å²) in [7, 11) is -15.0. The minimum Gasteiger partial charge on any atom is -0.264 e. The molecular weight excluding hydrogens is 649 g/mol. The lowest BCUT2D eigenvalue weighted by Crippen LogP contribution is -2.62. The van der Waals surface area contributed by atoms with Crippen LogP contribution in [0.5, 0.6) is 0 Å². The molecule has 0 unspecified atom stereocenters. The summed E-state index contributed by atoms with van der Waals surface area (Å²) in [5.74, 6) is 1.71. The fourth-order valence-electron chi connectivity index (χ4n) is 10.6. The monoisotopic (exact) mass is 700 g/mol. The maximum absolute atomic E-state index is 12.1. The molecule has 0 bridgehead atoms. The fraction of sp³-hybridized carbons (Fsp3) is 0.933. The third-order valence-corrected chi connectivity index (χ3v) is 13.7. The highest BCUT2D eigenvalue weighted by atomic mass is 32.3. The molecule has 0 aliphatic heterocycles. The van der Waals surface area contributed by atoms with Crippen molar-refractivity contribution in [1.29, 1.82) is 0 Å². The van der Waals surface area contributed by atoms with Crippen molar-refractivity contribution in [1.82, 2.24) is 0 Å². The molecule has 0 spiro atoms. The standard InChI is InChI=1S/C30H52O12S3/c1-17(2)20(18(3)4)9-8-19(5)22-10-11-23-21-14-26(40-43(31,32)33)25-15-27(41-44(34,35)36)28(42-45(37,38)39)16-30(25,7)24(21)12-13-29(22,23)6/h8-9,17-28H,10-16H2,1-7H3,(H,31,32,33)(H,34,35,36)(H,37,38,39)/b9-8+/t19-,21+,22-,23+,24+,25-,26+,27+,28+,29-,30-/m1/s1. The Morgan fingerprint density at radius 3 is 1.69 bits per heavy atom. The van der Waals surface area contributed by atoms with Crippen LogP contribution in [0.25, 0.3) is 0 Å². The number of fused-ring (bicyclic) bond motifs is 5. The van der Waals surface area contributed by atoms with Gasteiger partial charge < -0.3 is 0 Å². The van der Waals surface area contributed by atoms with Crippen molar-refractivity contribution in [3.63, 3.8) is 0 Å². The quantitative estimate of drug-likeness (QED) is 0.180. The second-order valence-corrected chi connectivity index (χ2v) is 18.5. The Morgan fingerprint density at radius 2 is 1.16 bits per heavy atom. The summed E-state index contributed by atoms with van der Waals surface area (Å²) in [6, 6.07) is 0. The minimum absolute atomic E-state index is 0.0255. The Labute approximate surface area is 269 Å². The van der Waals surface area contributed by atoms with Crippen LogP contribution in [-0.2, 0) is 43.7 Å². The van der Waals surface area contributed by atoms with E-state index in [2.05, 4.69) is 53.7 Å². The smallest absolute Gasteiger partial charge is 0.264 e. The molecule has 11 atom stereocenters. The summed E-state index contributed by atoms with van der Waals surface area (Å²) in [6.07, 6.45) is 4.19. The second-order valence-electron chi connectivity index (χ2n) is 15.4. The highest BCUT2D eigenvalue weighted by molar-refractivity contribution is 7.81. The molecule has 4 saturated carbocycles. The molecule has 4 aliphatic carbocycles. The van der Waals surface area contributed by atoms with Gasteiger partial charge in [-0.05, 0) is 109 Å². The van der Waals surface area contributed by atoms with E-state index in [1.165, 1.54) is 0 Å². The Bertz CT molecular complexity index is 1420. The molecule has 45 heavy (non-hydrogen) atoms. The van der Waals surface area contributed by atoms with Gasteiger partial charge in [0.2, 0.25) is 0 Å². The lowest BCUT2D eigenvalue weighted by atomic mass is 9.43. The van der Waals surface area contributed by atoms with E-state index in [-0.39, 0.29) is 36.0 Å². The largest absolute Gasteiger partial charge is 0.397 e. The van der Waals surface area contributed by atoms with Crippen molar-refractivity contribution < 1.29 is 51.5 Å². The van der Waals surface area contributed by atoms with Crippen LogP contribution in [0.1, 0.15) is 93.4 Å². The van der Waals surface area contributed by atoms with Crippen LogP contribution in [-0.4, -0.2) is 57.2 Å². The number of hydrogen-bond acceptors (Lipinski definition) is 9. The predicted molar refractivity (Wildman–Crippen MR) is 167 cm³/mol. The van der Waals surface area contributed by atoms with Crippen LogP contribution in [0.3, 0.4) is 0 Å². The highest BCUT2D eigenvalue weighted by Gasteiger charge is 2.65. The van der Waals surface area contributed by atoms with Gasteiger partial charge in [0.25, 0.3) is 0 Å². The molecule has 0 saturated heterocycles. The summed E-state index contributed by atoms with van der Waals surface area (Å²) in [6.45, 7) is 15.4. The number of allylic oxidation sites excluding steroid dienone is 2. The Kier molecular flexibility index (Phi) is 10.7. The number of hydrogen-bond donors (Lipinski definition) is 3. The first-order valence-corrected chi connectivity index (χ1v) is 20.2. The van der Waals surface area contributed by atoms with Crippen molar-refractivity contribution in [2.75, 3.05) is 0 Å². The van der Waals surface area contributed by atoms with Crippen LogP contribution in [0.4, 0.5) is 0 Å². The van der Waals surface area contributed by atoms with Crippen molar-refractivity contribution in [2.45, 2.75) is 112 Å². The molecule has 262 valence electrons. The molecule has 0 aromatic carbocycles. The molecule has 15 heteroatoms. The van der Waals surface area contributed by atoms with Crippen LogP contribution >= 0.6 is 0 Å². The lowest BCUT2D eigenvalue weighted by Gasteiger charge is -2.63. The second kappa shape index (κ2) is 13.0. The molecule has 12 nitrogen and oxygen atoms in total. The normalized spacial score (nSPS) is 40.1. The van der Waals surface area contributed by atoms with Crippen molar-refractivity contribution in [3.8, 4) is 0 Å². The highest BCUT2D eigenvalue weighted by Crippen LogP contribution is 2.69. The van der Waals surface area contributed by atoms with Gasteiger partial charge in [-0.15, -0.1) is 0 Å². The SMILES string of the molecule is CC(C)C(/C=C/[C@@H](C)[C@H]1CC[C@H]2[C@@H]3C[C@H](OS(=O)(=O)O)[C@H]4C[C@H](OS(=O)(=O)O)[C@@H](OS(=O)(=O)O)C[C@]4(C)[C@H]3CC[C@]12C)C(C)C. The Morgan fingerprint density at radius 1 is 0.644 bits per heavy atom. The first kappa shape index (κ1) is 37.2. The molecule has 4 rings (SSSR count). The van der Waals surface area contributed by atoms with E-state index in [0.29, 0.717) is 36.0 Å². The van der Waals surface area contributed by atoms with Crippen molar-refractivity contribution in [3.05, 3.63) is 12.2 Å². The zero-order chi connectivity index (χ0) is 33.9. The van der Waals surface area contributed by atoms with Crippen LogP contribution < -0.4 is 0 Å². The maximum Gasteiger partial charge on any atom is 0.397 e. The molecule has 0 amide bonds. The molecule has 0 aromatic heterocycles. The van der Waals surface area contributed by atoms with E-state index in [1.54, 1.807) is 0 Å². The van der Waals surface area contributed by atoms with E-state index < -0.39 is 60.8 Å². The topological polar surface area (TPSA) is 191 Å². The van der Waals surface area contributed by atoms with Crippen molar-refractivity contribution in [2.24, 2.45) is 64.1 Å². The van der Waals surface area contributed by atoms with E-state index in [1.807, 2.05) is 6.92 Å². The summed E-state index contributed by atoms with van der Waals surface area (Å²) in [5.41, 5.74) is -0.878. The Balaban J connectivity index is 1.69. The third kappa shape index (κ3) is 8.15. The summed E-state index contributed by atoms with van der Waals surface area (Å²) >= 11 is 0.